The van der Waals surface area contributed by atoms with Crippen molar-refractivity contribution in [3.63, 3.8) is 0 Å². The maximum atomic E-state index is 14.0. The first-order valence-electron chi connectivity index (χ1n) is 44.6. The summed E-state index contributed by atoms with van der Waals surface area (Å²) in [5.41, 5.74) is 8.28. The fraction of sp³-hybridized carbons (Fsp3) is 0.571. The minimum atomic E-state index is -1.73. The Labute approximate surface area is 804 Å². The van der Waals surface area contributed by atoms with E-state index in [2.05, 4.69) is 107 Å². The average molecular weight is 1960 g/mol. The van der Waals surface area contributed by atoms with Crippen LogP contribution >= 0.6 is 0 Å². The molecule has 0 spiro atoms. The van der Waals surface area contributed by atoms with E-state index < -0.39 is 247 Å². The molecule has 12 atom stereocenters. The number of nitrogens with two attached hydrogens (primary N) is 1. The van der Waals surface area contributed by atoms with Crippen molar-refractivity contribution in [2.24, 2.45) is 5.73 Å². The maximum absolute atomic E-state index is 14.0. The molecule has 0 saturated carbocycles. The predicted molar refractivity (Wildman–Crippen MR) is 493 cm³/mol. The Morgan fingerprint density at radius 2 is 0.698 bits per heavy atom. The third-order valence-corrected chi connectivity index (χ3v) is 19.8. The number of amides is 15. The molecule has 2 aromatic rings. The molecule has 0 aliphatic heterocycles. The second kappa shape index (κ2) is 62.3. The SMILES string of the molecule is C=CCOC(=O)C(CCC(C)=O)NC(=O)C(CC)NC(=O)CNC(=O)C(CC(=O)OC)NC(=O)C(C)NC(=O)C(CC(=O)OC)NC(=O)C(CCCNC(=O)OC(C)(C)C)NC(=O)OCC1c2ccccc2-c2ccccc21.C=CCOC(=O)C(CCC(C)=O)NC(=O)C(CC)NC(=O)CNC(=O)C(CC(=O)OC)NC(=O)C(C)NC(=O)C(CC(=O)OC)NC(=O)C(N)CCCNC(=O)OC(C)(C)C. The topological polar surface area (TPSA) is 682 Å². The van der Waals surface area contributed by atoms with Crippen molar-refractivity contribution in [3.05, 3.63) is 85.0 Å². The van der Waals surface area contributed by atoms with E-state index in [-0.39, 0.29) is 115 Å². The van der Waals surface area contributed by atoms with Gasteiger partial charge in [-0.1, -0.05) is 87.7 Å². The molecule has 3 rings (SSSR count). The molecule has 1 aliphatic rings. The number of alkyl carbamates (subject to hydrolysis) is 3. The molecular weight excluding hydrogens is 1830 g/mol. The summed E-state index contributed by atoms with van der Waals surface area (Å²) in [6, 6.07) is -1.74. The lowest BCUT2D eigenvalue weighted by Crippen LogP contribution is -2.58. The number of ketones is 2. The highest BCUT2D eigenvalue weighted by Crippen LogP contribution is 2.44. The lowest BCUT2D eigenvalue weighted by Gasteiger charge is -2.25. The third kappa shape index (κ3) is 47.2. The first-order valence-corrected chi connectivity index (χ1v) is 44.6. The summed E-state index contributed by atoms with van der Waals surface area (Å²) in [7, 11) is 4.13. The number of carbonyl (C=O) groups is 23. The van der Waals surface area contributed by atoms with Crippen LogP contribution in [-0.4, -0.2) is 295 Å². The monoisotopic (exact) mass is 1960 g/mol. The summed E-state index contributed by atoms with van der Waals surface area (Å²) in [5.74, 6) is -17.6. The normalized spacial score (nSPS) is 13.7. The molecule has 0 saturated heterocycles. The molecule has 770 valence electrons. The summed E-state index contributed by atoms with van der Waals surface area (Å²) in [5, 5.41) is 35.8. The van der Waals surface area contributed by atoms with Crippen LogP contribution in [0.3, 0.4) is 0 Å². The Balaban J connectivity index is 0.000000971. The first-order chi connectivity index (χ1) is 65.4. The smallest absolute Gasteiger partial charge is 0.407 e. The molecule has 48 nitrogen and oxygen atoms in total. The number of fused-ring (bicyclic) bond motifs is 3. The van der Waals surface area contributed by atoms with Crippen LogP contribution in [0.25, 0.3) is 11.1 Å². The van der Waals surface area contributed by atoms with E-state index in [9.17, 15) is 110 Å². The number of methoxy groups -OCH3 is 4. The molecule has 0 fully saturated rings. The zero-order valence-electron chi connectivity index (χ0n) is 81.2. The highest BCUT2D eigenvalue weighted by atomic mass is 16.6. The van der Waals surface area contributed by atoms with Gasteiger partial charge < -0.3 is 138 Å². The van der Waals surface area contributed by atoms with Gasteiger partial charge in [0, 0.05) is 31.8 Å². The third-order valence-electron chi connectivity index (χ3n) is 19.8. The number of esters is 6. The van der Waals surface area contributed by atoms with E-state index in [0.29, 0.717) is 0 Å². The second-order valence-corrected chi connectivity index (χ2v) is 33.5. The van der Waals surface area contributed by atoms with Crippen molar-refractivity contribution in [3.8, 4) is 11.1 Å². The number of benzene rings is 2. The van der Waals surface area contributed by atoms with Gasteiger partial charge in [0.25, 0.3) is 0 Å². The number of Topliss-reactive ketones (excluding diaryl/α,β-unsaturated/α-hetero) is 2. The Kier molecular flexibility index (Phi) is 54.0. The molecule has 0 heterocycles. The van der Waals surface area contributed by atoms with Crippen LogP contribution < -0.4 is 85.5 Å². The van der Waals surface area contributed by atoms with Crippen molar-refractivity contribution in [2.45, 2.75) is 263 Å². The molecule has 1 aliphatic carbocycles. The van der Waals surface area contributed by atoms with E-state index in [1.165, 1.54) is 39.8 Å². The number of hydrogen-bond acceptors (Lipinski definition) is 33. The molecular formula is C91H134N16O32. The minimum Gasteiger partial charge on any atom is -0.469 e. The number of hydrogen-bond donors (Lipinski definition) is 16. The first kappa shape index (κ1) is 121. The van der Waals surface area contributed by atoms with Crippen LogP contribution in [0.15, 0.2) is 73.8 Å². The van der Waals surface area contributed by atoms with Gasteiger partial charge in [0.2, 0.25) is 70.9 Å². The van der Waals surface area contributed by atoms with Crippen molar-refractivity contribution in [1.29, 1.82) is 0 Å². The molecule has 12 unspecified atom stereocenters. The summed E-state index contributed by atoms with van der Waals surface area (Å²) in [4.78, 5) is 294. The zero-order valence-corrected chi connectivity index (χ0v) is 81.2. The maximum Gasteiger partial charge on any atom is 0.407 e. The van der Waals surface area contributed by atoms with Crippen LogP contribution in [0, 0.1) is 0 Å². The van der Waals surface area contributed by atoms with E-state index in [1.807, 2.05) is 48.5 Å². The largest absolute Gasteiger partial charge is 0.469 e. The summed E-state index contributed by atoms with van der Waals surface area (Å²) in [6.45, 7) is 23.3. The number of carbonyl (C=O) groups excluding carboxylic acids is 23. The summed E-state index contributed by atoms with van der Waals surface area (Å²) < 4.78 is 44.8. The predicted octanol–water partition coefficient (Wildman–Crippen LogP) is -0.793. The Bertz CT molecular complexity index is 4600. The molecule has 139 heavy (non-hydrogen) atoms. The van der Waals surface area contributed by atoms with Crippen LogP contribution in [0.1, 0.15) is 190 Å². The standard InChI is InChI=1S/C53H72N8O17.C38H62N8O15/c1-10-25-76-50(71)39(23-22-30(3)62)58-47(68)37(11-2)57-42(63)28-55-46(67)40(26-43(64)74-8)59-45(66)31(4)56-49(70)41(27-44(65)75-9)60-48(69)38(21-16-24-54-51(72)78-53(5,6)7)61-52(73)77-29-36-34-19-14-12-17-32(34)33-18-13-15-20-35(33)36;1-10-17-60-36(56)25(15-14-21(3)47)44-34(54)24(11-2)43-28(48)20-41-33(53)26(18-29(49)58-8)45-31(51)22(4)42-35(55)27(19-30(50)59-9)46-32(52)23(39)13-12-16-40-37(57)61-38(5,6)7/h10,12-15,17-20,31,36-41H,1,11,16,21-29H2,2-9H3,(H,54,72)(H,55,67)(H,56,70)(H,57,63)(H,58,68)(H,59,66)(H,60,69)(H,61,73);10,22-27H,1,11-20,39H2,2-9H3,(H,40,57)(H,41,53)(H,42,55)(H,43,48)(H,44,54)(H,45,51)(H,46,52). The average Bonchev–Trinajstić information content (AvgIpc) is 1.61. The van der Waals surface area contributed by atoms with Gasteiger partial charge in [0.15, 0.2) is 0 Å². The van der Waals surface area contributed by atoms with Crippen LogP contribution in [0.5, 0.6) is 0 Å². The zero-order chi connectivity index (χ0) is 105. The molecule has 0 radical (unpaired) electrons. The van der Waals surface area contributed by atoms with E-state index in [0.717, 1.165) is 50.7 Å². The molecule has 2 aromatic carbocycles. The van der Waals surface area contributed by atoms with Gasteiger partial charge in [0.1, 0.15) is 109 Å². The van der Waals surface area contributed by atoms with E-state index in [4.69, 9.17) is 34.2 Å². The van der Waals surface area contributed by atoms with Gasteiger partial charge in [0.05, 0.1) is 73.3 Å². The Morgan fingerprint density at radius 1 is 0.374 bits per heavy atom. The van der Waals surface area contributed by atoms with Gasteiger partial charge >= 0.3 is 54.1 Å². The number of nitrogens with one attached hydrogen (secondary N) is 15. The van der Waals surface area contributed by atoms with Crippen molar-refractivity contribution in [1.82, 2.24) is 79.8 Å². The number of ether oxygens (including phenoxy) is 9. The van der Waals surface area contributed by atoms with Gasteiger partial charge in [-0.2, -0.15) is 0 Å². The quantitative estimate of drug-likeness (QED) is 0.0167. The highest BCUT2D eigenvalue weighted by Gasteiger charge is 2.38. The second-order valence-electron chi connectivity index (χ2n) is 33.5. The van der Waals surface area contributed by atoms with Gasteiger partial charge in [-0.3, -0.25) is 76.7 Å². The Hall–Kier alpha value is -14.5. The molecule has 17 N–H and O–H groups in total. The Morgan fingerprint density at radius 3 is 1.04 bits per heavy atom. The fourth-order valence-corrected chi connectivity index (χ4v) is 12.6. The van der Waals surface area contributed by atoms with E-state index >= 15 is 0 Å². The van der Waals surface area contributed by atoms with Gasteiger partial charge in [-0.15, -0.1) is 0 Å². The lowest BCUT2D eigenvalue weighted by atomic mass is 9.98. The van der Waals surface area contributed by atoms with Crippen molar-refractivity contribution in [2.75, 3.05) is 74.4 Å². The molecule has 48 heteroatoms. The molecule has 0 aromatic heterocycles. The summed E-state index contributed by atoms with van der Waals surface area (Å²) in [6.07, 6.45) is -2.55. The van der Waals surface area contributed by atoms with Crippen LogP contribution in [0.4, 0.5) is 14.4 Å². The van der Waals surface area contributed by atoms with Crippen molar-refractivity contribution >= 4 is 137 Å². The highest BCUT2D eigenvalue weighted by molar-refractivity contribution is 6.01. The lowest BCUT2D eigenvalue weighted by molar-refractivity contribution is -0.147. The fourth-order valence-electron chi connectivity index (χ4n) is 12.6. The van der Waals surface area contributed by atoms with Gasteiger partial charge in [-0.05, 0) is 143 Å². The summed E-state index contributed by atoms with van der Waals surface area (Å²) >= 11 is 0. The van der Waals surface area contributed by atoms with Crippen LogP contribution in [0.2, 0.25) is 0 Å². The number of rotatable bonds is 57. The molecule has 0 bridgehead atoms. The molecule has 15 amide bonds. The van der Waals surface area contributed by atoms with Crippen molar-refractivity contribution < 1.29 is 153 Å². The minimum absolute atomic E-state index is 0.00707. The van der Waals surface area contributed by atoms with E-state index in [1.54, 1.807) is 55.4 Å². The van der Waals surface area contributed by atoms with Gasteiger partial charge in [-0.25, -0.2) is 24.0 Å². The van der Waals surface area contributed by atoms with Crippen LogP contribution in [-0.2, 0) is 139 Å².